The van der Waals surface area contributed by atoms with Crippen molar-refractivity contribution in [2.45, 2.75) is 33.2 Å². The van der Waals surface area contributed by atoms with Crippen LogP contribution < -0.4 is 0 Å². The molecule has 1 aliphatic heterocycles. The van der Waals surface area contributed by atoms with Crippen molar-refractivity contribution in [2.24, 2.45) is 0 Å². The molecule has 1 saturated heterocycles. The molecule has 1 fully saturated rings. The molecule has 0 aliphatic carbocycles. The van der Waals surface area contributed by atoms with Crippen molar-refractivity contribution < 1.29 is 0 Å². The van der Waals surface area contributed by atoms with Gasteiger partial charge in [-0.1, -0.05) is 45.0 Å². The SMILES string of the molecule is CCN1CCN(Cc2cccc(C(C)C)c2)CC1. The van der Waals surface area contributed by atoms with Crippen LogP contribution in [0.15, 0.2) is 24.3 Å². The van der Waals surface area contributed by atoms with Crippen molar-refractivity contribution in [2.75, 3.05) is 32.7 Å². The van der Waals surface area contributed by atoms with Crippen LogP contribution >= 0.6 is 0 Å². The monoisotopic (exact) mass is 246 g/mol. The van der Waals surface area contributed by atoms with E-state index in [1.54, 1.807) is 0 Å². The van der Waals surface area contributed by atoms with E-state index in [-0.39, 0.29) is 0 Å². The second kappa shape index (κ2) is 6.35. The lowest BCUT2D eigenvalue weighted by Gasteiger charge is -2.34. The van der Waals surface area contributed by atoms with Gasteiger partial charge in [0.15, 0.2) is 0 Å². The van der Waals surface area contributed by atoms with Crippen molar-refractivity contribution in [3.63, 3.8) is 0 Å². The topological polar surface area (TPSA) is 6.48 Å². The molecule has 1 heterocycles. The number of nitrogens with zero attached hydrogens (tertiary/aromatic N) is 2. The van der Waals surface area contributed by atoms with Gasteiger partial charge in [0.1, 0.15) is 0 Å². The number of hydrogen-bond donors (Lipinski definition) is 0. The van der Waals surface area contributed by atoms with Crippen molar-refractivity contribution in [1.82, 2.24) is 9.80 Å². The molecule has 0 spiro atoms. The van der Waals surface area contributed by atoms with Gasteiger partial charge >= 0.3 is 0 Å². The molecule has 0 bridgehead atoms. The van der Waals surface area contributed by atoms with Crippen LogP contribution in [0.3, 0.4) is 0 Å². The Bertz CT molecular complexity index is 365. The molecular formula is C16H26N2. The van der Waals surface area contributed by atoms with Gasteiger partial charge in [0, 0.05) is 32.7 Å². The van der Waals surface area contributed by atoms with E-state index in [2.05, 4.69) is 54.8 Å². The molecule has 0 N–H and O–H groups in total. The minimum atomic E-state index is 0.627. The predicted octanol–water partition coefficient (Wildman–Crippen LogP) is 2.95. The molecule has 1 aromatic rings. The maximum Gasteiger partial charge on any atom is 0.0234 e. The van der Waals surface area contributed by atoms with E-state index in [0.717, 1.165) is 6.54 Å². The molecule has 18 heavy (non-hydrogen) atoms. The summed E-state index contributed by atoms with van der Waals surface area (Å²) in [4.78, 5) is 5.10. The van der Waals surface area contributed by atoms with Gasteiger partial charge < -0.3 is 4.90 Å². The van der Waals surface area contributed by atoms with Gasteiger partial charge in [-0.15, -0.1) is 0 Å². The molecule has 0 unspecified atom stereocenters. The van der Waals surface area contributed by atoms with E-state index in [0.29, 0.717) is 5.92 Å². The lowest BCUT2D eigenvalue weighted by atomic mass is 10.0. The molecule has 2 heteroatoms. The van der Waals surface area contributed by atoms with Gasteiger partial charge in [0.05, 0.1) is 0 Å². The molecule has 0 amide bonds. The quantitative estimate of drug-likeness (QED) is 0.806. The molecular weight excluding hydrogens is 220 g/mol. The first-order valence-corrected chi connectivity index (χ1v) is 7.22. The zero-order valence-corrected chi connectivity index (χ0v) is 12.0. The molecule has 100 valence electrons. The molecule has 2 rings (SSSR count). The number of rotatable bonds is 4. The van der Waals surface area contributed by atoms with Gasteiger partial charge in [0.25, 0.3) is 0 Å². The standard InChI is InChI=1S/C16H26N2/c1-4-17-8-10-18(11-9-17)13-15-6-5-7-16(12-15)14(2)3/h5-7,12,14H,4,8-11,13H2,1-3H3. The second-order valence-electron chi connectivity index (χ2n) is 5.61. The van der Waals surface area contributed by atoms with Crippen LogP contribution in [0.25, 0.3) is 0 Å². The highest BCUT2D eigenvalue weighted by Crippen LogP contribution is 2.17. The lowest BCUT2D eigenvalue weighted by molar-refractivity contribution is 0.132. The summed E-state index contributed by atoms with van der Waals surface area (Å²) in [7, 11) is 0. The third kappa shape index (κ3) is 3.56. The average molecular weight is 246 g/mol. The number of hydrogen-bond acceptors (Lipinski definition) is 2. The molecule has 0 saturated carbocycles. The van der Waals surface area contributed by atoms with Crippen LogP contribution in [0.5, 0.6) is 0 Å². The molecule has 0 radical (unpaired) electrons. The van der Waals surface area contributed by atoms with E-state index in [4.69, 9.17) is 0 Å². The van der Waals surface area contributed by atoms with Crippen LogP contribution in [-0.2, 0) is 6.54 Å². The molecule has 2 nitrogen and oxygen atoms in total. The minimum Gasteiger partial charge on any atom is -0.301 e. The zero-order chi connectivity index (χ0) is 13.0. The Hall–Kier alpha value is -0.860. The van der Waals surface area contributed by atoms with Crippen molar-refractivity contribution in [3.8, 4) is 0 Å². The van der Waals surface area contributed by atoms with Crippen molar-refractivity contribution in [1.29, 1.82) is 0 Å². The Morgan fingerprint density at radius 3 is 2.33 bits per heavy atom. The number of piperazine rings is 1. The first kappa shape index (κ1) is 13.6. The van der Waals surface area contributed by atoms with Crippen molar-refractivity contribution >= 4 is 0 Å². The highest BCUT2D eigenvalue weighted by molar-refractivity contribution is 5.25. The van der Waals surface area contributed by atoms with Crippen LogP contribution in [0.4, 0.5) is 0 Å². The van der Waals surface area contributed by atoms with Crippen molar-refractivity contribution in [3.05, 3.63) is 35.4 Å². The Morgan fingerprint density at radius 2 is 1.72 bits per heavy atom. The summed E-state index contributed by atoms with van der Waals surface area (Å²) in [5.41, 5.74) is 2.92. The van der Waals surface area contributed by atoms with Gasteiger partial charge in [-0.3, -0.25) is 4.90 Å². The summed E-state index contributed by atoms with van der Waals surface area (Å²) >= 11 is 0. The first-order chi connectivity index (χ1) is 8.69. The highest BCUT2D eigenvalue weighted by atomic mass is 15.3. The fourth-order valence-corrected chi connectivity index (χ4v) is 2.57. The maximum absolute atomic E-state index is 2.58. The highest BCUT2D eigenvalue weighted by Gasteiger charge is 2.15. The lowest BCUT2D eigenvalue weighted by Crippen LogP contribution is -2.45. The Balaban J connectivity index is 1.92. The molecule has 1 aromatic carbocycles. The largest absolute Gasteiger partial charge is 0.301 e. The first-order valence-electron chi connectivity index (χ1n) is 7.22. The summed E-state index contributed by atoms with van der Waals surface area (Å²) < 4.78 is 0. The van der Waals surface area contributed by atoms with Gasteiger partial charge in [-0.2, -0.15) is 0 Å². The summed E-state index contributed by atoms with van der Waals surface area (Å²) in [5.74, 6) is 0.627. The average Bonchev–Trinajstić information content (AvgIpc) is 2.40. The second-order valence-corrected chi connectivity index (χ2v) is 5.61. The minimum absolute atomic E-state index is 0.627. The third-order valence-electron chi connectivity index (χ3n) is 3.94. The van der Waals surface area contributed by atoms with Crippen LogP contribution in [0.2, 0.25) is 0 Å². The predicted molar refractivity (Wildman–Crippen MR) is 77.9 cm³/mol. The van der Waals surface area contributed by atoms with Gasteiger partial charge in [0.2, 0.25) is 0 Å². The smallest absolute Gasteiger partial charge is 0.0234 e. The van der Waals surface area contributed by atoms with Crippen LogP contribution in [0, 0.1) is 0 Å². The van der Waals surface area contributed by atoms with E-state index in [1.807, 2.05) is 0 Å². The normalized spacial score (nSPS) is 18.4. The van der Waals surface area contributed by atoms with Gasteiger partial charge in [-0.05, 0) is 23.6 Å². The Kier molecular flexibility index (Phi) is 4.79. The number of benzene rings is 1. The zero-order valence-electron chi connectivity index (χ0n) is 12.0. The summed E-state index contributed by atoms with van der Waals surface area (Å²) in [5, 5.41) is 0. The molecule has 1 aliphatic rings. The van der Waals surface area contributed by atoms with Gasteiger partial charge in [-0.25, -0.2) is 0 Å². The Labute approximate surface area is 112 Å². The van der Waals surface area contributed by atoms with E-state index >= 15 is 0 Å². The third-order valence-corrected chi connectivity index (χ3v) is 3.94. The Morgan fingerprint density at radius 1 is 1.06 bits per heavy atom. The molecule has 0 aromatic heterocycles. The van der Waals surface area contributed by atoms with E-state index < -0.39 is 0 Å². The number of likely N-dealkylation sites (N-methyl/N-ethyl adjacent to an activating group) is 1. The maximum atomic E-state index is 2.58. The van der Waals surface area contributed by atoms with E-state index in [1.165, 1.54) is 43.9 Å². The summed E-state index contributed by atoms with van der Waals surface area (Å²) in [6, 6.07) is 9.07. The summed E-state index contributed by atoms with van der Waals surface area (Å²) in [6.45, 7) is 13.9. The molecule has 0 atom stereocenters. The summed E-state index contributed by atoms with van der Waals surface area (Å²) in [6.07, 6.45) is 0. The van der Waals surface area contributed by atoms with Crippen LogP contribution in [0.1, 0.15) is 37.8 Å². The fourth-order valence-electron chi connectivity index (χ4n) is 2.57. The van der Waals surface area contributed by atoms with Crippen LogP contribution in [-0.4, -0.2) is 42.5 Å². The fraction of sp³-hybridized carbons (Fsp3) is 0.625. The van der Waals surface area contributed by atoms with E-state index in [9.17, 15) is 0 Å².